The summed E-state index contributed by atoms with van der Waals surface area (Å²) in [5.74, 6) is 0.254. The van der Waals surface area contributed by atoms with E-state index in [-0.39, 0.29) is 11.6 Å². The smallest absolute Gasteiger partial charge is 0.172 e. The summed E-state index contributed by atoms with van der Waals surface area (Å²) in [6, 6.07) is 6.32. The van der Waals surface area contributed by atoms with E-state index >= 15 is 0 Å². The van der Waals surface area contributed by atoms with Crippen molar-refractivity contribution in [2.24, 2.45) is 0 Å². The molecule has 0 aliphatic rings. The molecule has 2 rings (SSSR count). The Labute approximate surface area is 90.4 Å². The van der Waals surface area contributed by atoms with Crippen molar-refractivity contribution in [3.8, 4) is 11.3 Å². The number of hydrogen-bond donors (Lipinski definition) is 1. The molecule has 0 fully saturated rings. The van der Waals surface area contributed by atoms with Crippen LogP contribution in [0.1, 0.15) is 0 Å². The SMILES string of the molecule is CSc1ccc(F)c(-c2cc(N)no2)c1. The number of benzene rings is 1. The number of nitrogens with zero attached hydrogens (tertiary/aromatic N) is 1. The minimum absolute atomic E-state index is 0.249. The van der Waals surface area contributed by atoms with Crippen molar-refractivity contribution in [3.05, 3.63) is 30.1 Å². The highest BCUT2D eigenvalue weighted by atomic mass is 32.2. The molecule has 0 aliphatic heterocycles. The quantitative estimate of drug-likeness (QED) is 0.797. The molecule has 2 aromatic rings. The summed E-state index contributed by atoms with van der Waals surface area (Å²) in [7, 11) is 0. The van der Waals surface area contributed by atoms with E-state index in [1.54, 1.807) is 12.1 Å². The first kappa shape index (κ1) is 10.0. The Morgan fingerprint density at radius 3 is 2.80 bits per heavy atom. The topological polar surface area (TPSA) is 52.0 Å². The van der Waals surface area contributed by atoms with E-state index in [1.165, 1.54) is 23.9 Å². The summed E-state index contributed by atoms with van der Waals surface area (Å²) in [5, 5.41) is 3.52. The van der Waals surface area contributed by atoms with Gasteiger partial charge in [-0.15, -0.1) is 11.8 Å². The fourth-order valence-corrected chi connectivity index (χ4v) is 1.68. The van der Waals surface area contributed by atoms with Crippen molar-refractivity contribution in [3.63, 3.8) is 0 Å². The maximum Gasteiger partial charge on any atom is 0.172 e. The molecule has 0 atom stereocenters. The molecule has 0 radical (unpaired) electrons. The molecule has 2 N–H and O–H groups in total. The summed E-state index contributed by atoms with van der Waals surface area (Å²) in [6.07, 6.45) is 1.92. The van der Waals surface area contributed by atoms with Crippen molar-refractivity contribution >= 4 is 17.6 Å². The Hall–Kier alpha value is -1.49. The number of rotatable bonds is 2. The predicted octanol–water partition coefficient (Wildman–Crippen LogP) is 2.78. The molecule has 1 heterocycles. The molecule has 0 bridgehead atoms. The average molecular weight is 224 g/mol. The van der Waals surface area contributed by atoms with Gasteiger partial charge in [0.25, 0.3) is 0 Å². The second-order valence-electron chi connectivity index (χ2n) is 2.96. The zero-order valence-electron chi connectivity index (χ0n) is 8.03. The van der Waals surface area contributed by atoms with E-state index in [1.807, 2.05) is 6.26 Å². The number of hydrogen-bond acceptors (Lipinski definition) is 4. The average Bonchev–Trinajstić information content (AvgIpc) is 2.65. The van der Waals surface area contributed by atoms with Gasteiger partial charge >= 0.3 is 0 Å². The summed E-state index contributed by atoms with van der Waals surface area (Å²) < 4.78 is 18.4. The van der Waals surface area contributed by atoms with Crippen LogP contribution in [-0.2, 0) is 0 Å². The minimum Gasteiger partial charge on any atom is -0.381 e. The molecule has 15 heavy (non-hydrogen) atoms. The largest absolute Gasteiger partial charge is 0.381 e. The maximum atomic E-state index is 13.5. The number of aromatic nitrogens is 1. The van der Waals surface area contributed by atoms with Crippen molar-refractivity contribution in [1.29, 1.82) is 0 Å². The molecule has 0 saturated carbocycles. The highest BCUT2D eigenvalue weighted by Crippen LogP contribution is 2.28. The van der Waals surface area contributed by atoms with Gasteiger partial charge in [0.05, 0.1) is 5.56 Å². The number of anilines is 1. The lowest BCUT2D eigenvalue weighted by molar-refractivity contribution is 0.433. The highest BCUT2D eigenvalue weighted by Gasteiger charge is 2.10. The second kappa shape index (κ2) is 3.94. The summed E-state index contributed by atoms with van der Waals surface area (Å²) >= 11 is 1.53. The van der Waals surface area contributed by atoms with Crippen molar-refractivity contribution < 1.29 is 8.91 Å². The first-order chi connectivity index (χ1) is 7.20. The van der Waals surface area contributed by atoms with E-state index in [9.17, 15) is 4.39 Å². The normalized spacial score (nSPS) is 10.5. The lowest BCUT2D eigenvalue weighted by atomic mass is 10.1. The number of halogens is 1. The van der Waals surface area contributed by atoms with Crippen molar-refractivity contribution in [1.82, 2.24) is 5.16 Å². The molecule has 0 aliphatic carbocycles. The van der Waals surface area contributed by atoms with Crippen LogP contribution in [0.5, 0.6) is 0 Å². The monoisotopic (exact) mass is 224 g/mol. The fourth-order valence-electron chi connectivity index (χ4n) is 1.24. The molecule has 0 amide bonds. The first-order valence-corrected chi connectivity index (χ1v) is 5.49. The van der Waals surface area contributed by atoms with Gasteiger partial charge in [-0.05, 0) is 24.5 Å². The molecular formula is C10H9FN2OS. The van der Waals surface area contributed by atoms with Gasteiger partial charge in [0.15, 0.2) is 11.6 Å². The summed E-state index contributed by atoms with van der Waals surface area (Å²) in [5.41, 5.74) is 5.78. The standard InChI is InChI=1S/C10H9FN2OS/c1-15-6-2-3-8(11)7(4-6)9-5-10(12)13-14-9/h2-5H,1H3,(H2,12,13). The number of nitrogens with two attached hydrogens (primary N) is 1. The molecule has 5 heteroatoms. The first-order valence-electron chi connectivity index (χ1n) is 4.27. The number of thioether (sulfide) groups is 1. The lowest BCUT2D eigenvalue weighted by Crippen LogP contribution is -1.83. The number of nitrogen functional groups attached to an aromatic ring is 1. The van der Waals surface area contributed by atoms with Gasteiger partial charge in [-0.1, -0.05) is 5.16 Å². The van der Waals surface area contributed by atoms with Crippen molar-refractivity contribution in [2.75, 3.05) is 12.0 Å². The van der Waals surface area contributed by atoms with Gasteiger partial charge < -0.3 is 10.3 Å². The van der Waals surface area contributed by atoms with Crippen LogP contribution in [0, 0.1) is 5.82 Å². The molecule has 78 valence electrons. The zero-order valence-corrected chi connectivity index (χ0v) is 8.84. The van der Waals surface area contributed by atoms with Gasteiger partial charge in [0.1, 0.15) is 5.82 Å². The van der Waals surface area contributed by atoms with Crippen molar-refractivity contribution in [2.45, 2.75) is 4.90 Å². The Bertz CT molecular complexity index is 484. The van der Waals surface area contributed by atoms with E-state index in [4.69, 9.17) is 10.3 Å². The van der Waals surface area contributed by atoms with Gasteiger partial charge in [-0.3, -0.25) is 0 Å². The van der Waals surface area contributed by atoms with Crippen LogP contribution in [0.15, 0.2) is 33.7 Å². The third kappa shape index (κ3) is 1.97. The van der Waals surface area contributed by atoms with E-state index in [0.29, 0.717) is 11.3 Å². The van der Waals surface area contributed by atoms with Gasteiger partial charge in [0.2, 0.25) is 0 Å². The second-order valence-corrected chi connectivity index (χ2v) is 3.84. The third-order valence-corrected chi connectivity index (χ3v) is 2.69. The third-order valence-electron chi connectivity index (χ3n) is 1.97. The molecule has 0 spiro atoms. The van der Waals surface area contributed by atoms with Crippen LogP contribution in [0.4, 0.5) is 10.2 Å². The Morgan fingerprint density at radius 1 is 1.40 bits per heavy atom. The molecule has 3 nitrogen and oxygen atoms in total. The van der Waals surface area contributed by atoms with Gasteiger partial charge in [0, 0.05) is 11.0 Å². The van der Waals surface area contributed by atoms with E-state index in [2.05, 4.69) is 5.16 Å². The lowest BCUT2D eigenvalue weighted by Gasteiger charge is -2.00. The molecule has 0 saturated heterocycles. The molecule has 0 unspecified atom stereocenters. The van der Waals surface area contributed by atoms with Gasteiger partial charge in [-0.2, -0.15) is 0 Å². The Morgan fingerprint density at radius 2 is 2.20 bits per heavy atom. The van der Waals surface area contributed by atoms with Crippen LogP contribution in [0.3, 0.4) is 0 Å². The summed E-state index contributed by atoms with van der Waals surface area (Å²) in [4.78, 5) is 0.960. The molecule has 1 aromatic heterocycles. The molecule has 1 aromatic carbocycles. The van der Waals surface area contributed by atoms with E-state index in [0.717, 1.165) is 4.90 Å². The zero-order chi connectivity index (χ0) is 10.8. The van der Waals surface area contributed by atoms with Crippen LogP contribution in [0.25, 0.3) is 11.3 Å². The van der Waals surface area contributed by atoms with Gasteiger partial charge in [-0.25, -0.2) is 4.39 Å². The van der Waals surface area contributed by atoms with E-state index < -0.39 is 0 Å². The Kier molecular flexibility index (Phi) is 2.64. The van der Waals surface area contributed by atoms with Crippen LogP contribution < -0.4 is 5.73 Å². The van der Waals surface area contributed by atoms with Crippen LogP contribution in [-0.4, -0.2) is 11.4 Å². The molecular weight excluding hydrogens is 215 g/mol. The maximum absolute atomic E-state index is 13.5. The Balaban J connectivity index is 2.51. The van der Waals surface area contributed by atoms with Crippen LogP contribution >= 0.6 is 11.8 Å². The van der Waals surface area contributed by atoms with Crippen LogP contribution in [0.2, 0.25) is 0 Å². The highest BCUT2D eigenvalue weighted by molar-refractivity contribution is 7.98. The minimum atomic E-state index is -0.344. The fraction of sp³-hybridized carbons (Fsp3) is 0.100. The summed E-state index contributed by atoms with van der Waals surface area (Å²) in [6.45, 7) is 0. The predicted molar refractivity (Wildman–Crippen MR) is 58.1 cm³/mol.